The first-order valence-corrected chi connectivity index (χ1v) is 7.77. The van der Waals surface area contributed by atoms with E-state index in [1.807, 2.05) is 0 Å². The number of nitrogens with one attached hydrogen (secondary N) is 1. The third kappa shape index (κ3) is 3.13. The number of amides is 1. The molecule has 1 atom stereocenters. The van der Waals surface area contributed by atoms with Crippen LogP contribution in [0.25, 0.3) is 0 Å². The fourth-order valence-electron chi connectivity index (χ4n) is 1.72. The van der Waals surface area contributed by atoms with Gasteiger partial charge in [-0.05, 0) is 12.5 Å². The Morgan fingerprint density at radius 2 is 2.17 bits per heavy atom. The van der Waals surface area contributed by atoms with E-state index in [2.05, 4.69) is 10.3 Å². The van der Waals surface area contributed by atoms with Crippen molar-refractivity contribution in [1.82, 2.24) is 10.3 Å². The lowest BCUT2D eigenvalue weighted by atomic mass is 10.2. The van der Waals surface area contributed by atoms with Gasteiger partial charge in [-0.1, -0.05) is 23.2 Å². The van der Waals surface area contributed by atoms with E-state index in [9.17, 15) is 13.2 Å². The summed E-state index contributed by atoms with van der Waals surface area (Å²) in [5.74, 6) is -0.311. The second-order valence-corrected chi connectivity index (χ2v) is 7.06. The third-order valence-electron chi connectivity index (χ3n) is 2.63. The zero-order valence-electron chi connectivity index (χ0n) is 9.19. The SMILES string of the molecule is O=C(N[C@@H]1CCS(=O)(=O)C1)c1cnc(Cl)c(Cl)c1. The minimum atomic E-state index is -3.02. The van der Waals surface area contributed by atoms with Crippen LogP contribution >= 0.6 is 23.2 Å². The van der Waals surface area contributed by atoms with E-state index >= 15 is 0 Å². The molecule has 1 aromatic rings. The molecule has 1 saturated heterocycles. The number of aromatic nitrogens is 1. The lowest BCUT2D eigenvalue weighted by Crippen LogP contribution is -2.35. The topological polar surface area (TPSA) is 76.1 Å². The van der Waals surface area contributed by atoms with E-state index in [0.29, 0.717) is 6.42 Å². The number of rotatable bonds is 2. The summed E-state index contributed by atoms with van der Waals surface area (Å²) in [5.41, 5.74) is 0.258. The van der Waals surface area contributed by atoms with E-state index in [1.165, 1.54) is 12.3 Å². The van der Waals surface area contributed by atoms with E-state index in [0.717, 1.165) is 0 Å². The Hall–Kier alpha value is -0.850. The van der Waals surface area contributed by atoms with Gasteiger partial charge in [0.2, 0.25) is 0 Å². The van der Waals surface area contributed by atoms with Crippen molar-refractivity contribution in [2.24, 2.45) is 0 Å². The Bertz CT molecular complexity index is 589. The highest BCUT2D eigenvalue weighted by molar-refractivity contribution is 7.91. The molecule has 1 fully saturated rings. The maximum absolute atomic E-state index is 11.8. The molecular weight excluding hydrogens is 299 g/mol. The Labute approximate surface area is 114 Å². The van der Waals surface area contributed by atoms with Crippen LogP contribution in [0.3, 0.4) is 0 Å². The first-order valence-electron chi connectivity index (χ1n) is 5.20. The predicted molar refractivity (Wildman–Crippen MR) is 68.8 cm³/mol. The molecule has 18 heavy (non-hydrogen) atoms. The Balaban J connectivity index is 2.06. The summed E-state index contributed by atoms with van der Waals surface area (Å²) in [6.45, 7) is 0. The van der Waals surface area contributed by atoms with Crippen LogP contribution in [0.2, 0.25) is 10.2 Å². The number of nitrogens with zero attached hydrogens (tertiary/aromatic N) is 1. The summed E-state index contributed by atoms with van der Waals surface area (Å²) in [4.78, 5) is 15.6. The maximum Gasteiger partial charge on any atom is 0.253 e. The van der Waals surface area contributed by atoms with Gasteiger partial charge in [0, 0.05) is 12.2 Å². The predicted octanol–water partition coefficient (Wildman–Crippen LogP) is 1.31. The van der Waals surface area contributed by atoms with Crippen LogP contribution in [-0.2, 0) is 9.84 Å². The van der Waals surface area contributed by atoms with Gasteiger partial charge in [0.15, 0.2) is 9.84 Å². The van der Waals surface area contributed by atoms with Gasteiger partial charge in [0.05, 0.1) is 22.1 Å². The van der Waals surface area contributed by atoms with E-state index < -0.39 is 15.7 Å². The number of sulfone groups is 1. The lowest BCUT2D eigenvalue weighted by Gasteiger charge is -2.10. The van der Waals surface area contributed by atoms with Crippen LogP contribution < -0.4 is 5.32 Å². The van der Waals surface area contributed by atoms with Crippen LogP contribution in [-0.4, -0.2) is 36.9 Å². The van der Waals surface area contributed by atoms with E-state index in [4.69, 9.17) is 23.2 Å². The molecule has 0 radical (unpaired) electrons. The summed E-state index contributed by atoms with van der Waals surface area (Å²) in [6, 6.07) is 1.05. The Kier molecular flexibility index (Phi) is 3.79. The van der Waals surface area contributed by atoms with Crippen molar-refractivity contribution in [3.05, 3.63) is 28.0 Å². The summed E-state index contributed by atoms with van der Waals surface area (Å²) < 4.78 is 22.5. The van der Waals surface area contributed by atoms with Gasteiger partial charge in [0.25, 0.3) is 5.91 Å². The zero-order chi connectivity index (χ0) is 13.3. The molecule has 2 heterocycles. The highest BCUT2D eigenvalue weighted by Gasteiger charge is 2.29. The minimum absolute atomic E-state index is 0.0203. The van der Waals surface area contributed by atoms with Crippen LogP contribution in [0.4, 0.5) is 0 Å². The van der Waals surface area contributed by atoms with Crippen molar-refractivity contribution in [2.45, 2.75) is 12.5 Å². The molecule has 1 aliphatic rings. The standard InChI is InChI=1S/C10H10Cl2N2O3S/c11-8-3-6(4-13-9(8)12)10(15)14-7-1-2-18(16,17)5-7/h3-4,7H,1-2,5H2,(H,14,15)/t7-/m1/s1. The minimum Gasteiger partial charge on any atom is -0.348 e. The molecule has 2 rings (SSSR count). The molecule has 0 unspecified atom stereocenters. The van der Waals surface area contributed by atoms with Crippen molar-refractivity contribution in [2.75, 3.05) is 11.5 Å². The molecule has 8 heteroatoms. The third-order valence-corrected chi connectivity index (χ3v) is 5.08. The number of carbonyl (C=O) groups excluding carboxylic acids is 1. The number of pyridine rings is 1. The second-order valence-electron chi connectivity index (χ2n) is 4.07. The van der Waals surface area contributed by atoms with Gasteiger partial charge >= 0.3 is 0 Å². The van der Waals surface area contributed by atoms with E-state index in [1.54, 1.807) is 0 Å². The summed E-state index contributed by atoms with van der Waals surface area (Å²) in [7, 11) is -3.02. The van der Waals surface area contributed by atoms with Crippen LogP contribution in [0.15, 0.2) is 12.3 Å². The van der Waals surface area contributed by atoms with Crippen molar-refractivity contribution < 1.29 is 13.2 Å². The first-order chi connectivity index (χ1) is 8.37. The zero-order valence-corrected chi connectivity index (χ0v) is 11.5. The van der Waals surface area contributed by atoms with E-state index in [-0.39, 0.29) is 33.3 Å². The molecular formula is C10H10Cl2N2O3S. The molecule has 1 aliphatic heterocycles. The molecule has 0 aromatic carbocycles. The first kappa shape index (κ1) is 13.6. The van der Waals surface area contributed by atoms with Crippen molar-refractivity contribution in [1.29, 1.82) is 0 Å². The fourth-order valence-corrected chi connectivity index (χ4v) is 3.67. The van der Waals surface area contributed by atoms with Gasteiger partial charge < -0.3 is 5.32 Å². The Morgan fingerprint density at radius 3 is 2.72 bits per heavy atom. The molecule has 0 aliphatic carbocycles. The van der Waals surface area contributed by atoms with Crippen molar-refractivity contribution in [3.8, 4) is 0 Å². The van der Waals surface area contributed by atoms with Gasteiger partial charge in [0.1, 0.15) is 5.15 Å². The lowest BCUT2D eigenvalue weighted by molar-refractivity contribution is 0.0941. The summed E-state index contributed by atoms with van der Waals surface area (Å²) in [5, 5.41) is 2.94. The monoisotopic (exact) mass is 308 g/mol. The van der Waals surface area contributed by atoms with Gasteiger partial charge in [-0.15, -0.1) is 0 Å². The highest BCUT2D eigenvalue weighted by atomic mass is 35.5. The van der Waals surface area contributed by atoms with Gasteiger partial charge in [-0.25, -0.2) is 13.4 Å². The van der Waals surface area contributed by atoms with Gasteiger partial charge in [-0.3, -0.25) is 4.79 Å². The summed E-state index contributed by atoms with van der Waals surface area (Å²) >= 11 is 11.4. The second kappa shape index (κ2) is 5.03. The van der Waals surface area contributed by atoms with Gasteiger partial charge in [-0.2, -0.15) is 0 Å². The molecule has 1 aromatic heterocycles. The largest absolute Gasteiger partial charge is 0.348 e. The van der Waals surface area contributed by atoms with Crippen LogP contribution in [0, 0.1) is 0 Å². The number of hydrogen-bond acceptors (Lipinski definition) is 4. The number of hydrogen-bond donors (Lipinski definition) is 1. The number of carbonyl (C=O) groups is 1. The smallest absolute Gasteiger partial charge is 0.253 e. The average Bonchev–Trinajstić information content (AvgIpc) is 2.62. The molecule has 0 spiro atoms. The van der Waals surface area contributed by atoms with Crippen molar-refractivity contribution in [3.63, 3.8) is 0 Å². The highest BCUT2D eigenvalue weighted by Crippen LogP contribution is 2.20. The molecule has 1 N–H and O–H groups in total. The molecule has 5 nitrogen and oxygen atoms in total. The summed E-state index contributed by atoms with van der Waals surface area (Å²) in [6.07, 6.45) is 1.73. The Morgan fingerprint density at radius 1 is 1.44 bits per heavy atom. The van der Waals surface area contributed by atoms with Crippen LogP contribution in [0.5, 0.6) is 0 Å². The molecule has 0 bridgehead atoms. The molecule has 0 saturated carbocycles. The normalized spacial score (nSPS) is 21.8. The maximum atomic E-state index is 11.8. The molecule has 98 valence electrons. The quantitative estimate of drug-likeness (QED) is 0.836. The van der Waals surface area contributed by atoms with Crippen molar-refractivity contribution >= 4 is 38.9 Å². The average molecular weight is 309 g/mol. The molecule has 1 amide bonds. The van der Waals surface area contributed by atoms with Crippen LogP contribution in [0.1, 0.15) is 16.8 Å². The fraction of sp³-hybridized carbons (Fsp3) is 0.400. The number of halogens is 2.